The second-order valence-corrected chi connectivity index (χ2v) is 20.0. The highest BCUT2D eigenvalue weighted by molar-refractivity contribution is 7.99. The van der Waals surface area contributed by atoms with Crippen molar-refractivity contribution in [3.05, 3.63) is 142 Å². The van der Waals surface area contributed by atoms with E-state index in [0.29, 0.717) is 47.5 Å². The molecule has 1 saturated heterocycles. The molecule has 6 aromatic rings. The first kappa shape index (κ1) is 47.0. The lowest BCUT2D eigenvalue weighted by molar-refractivity contribution is -0.384. The van der Waals surface area contributed by atoms with Gasteiger partial charge in [0, 0.05) is 78.1 Å². The van der Waals surface area contributed by atoms with E-state index in [9.17, 15) is 23.3 Å². The van der Waals surface area contributed by atoms with Gasteiger partial charge < -0.3 is 20.3 Å². The number of nitrogens with zero attached hydrogens (tertiary/aromatic N) is 5. The number of hydrogen-bond donors (Lipinski definition) is 3. The SMILES string of the molecule is CC(C)(C)OC(=O)NCCCC[C@H](CSc1ccccc1)Nc1ccc(S(=O)(=O)Nc2ncnc3cc(N4CCN(Cc5cc(Cl)ccc5-c5ccccc5)CC4)ccc23)cc1[N+](=O)[O-]. The van der Waals surface area contributed by atoms with Crippen LogP contribution < -0.4 is 20.3 Å². The summed E-state index contributed by atoms with van der Waals surface area (Å²) in [6.45, 7) is 9.80. The topological polar surface area (TPSA) is 172 Å². The third kappa shape index (κ3) is 13.1. The van der Waals surface area contributed by atoms with Gasteiger partial charge in [-0.1, -0.05) is 66.2 Å². The number of fused-ring (bicyclic) bond motifs is 1. The van der Waals surface area contributed by atoms with Crippen LogP contribution in [0.2, 0.25) is 5.02 Å². The van der Waals surface area contributed by atoms with Crippen LogP contribution in [0.5, 0.6) is 0 Å². The Bertz CT molecular complexity index is 2700. The van der Waals surface area contributed by atoms with Crippen LogP contribution in [0, 0.1) is 10.1 Å². The second-order valence-electron chi connectivity index (χ2n) is 16.8. The fraction of sp³-hybridized carbons (Fsp3) is 0.312. The van der Waals surface area contributed by atoms with Crippen molar-refractivity contribution in [2.45, 2.75) is 68.0 Å². The lowest BCUT2D eigenvalue weighted by atomic mass is 9.99. The number of rotatable bonds is 18. The van der Waals surface area contributed by atoms with Gasteiger partial charge in [-0.15, -0.1) is 11.8 Å². The number of unbranched alkanes of at least 4 members (excludes halogenated alkanes) is 1. The number of ether oxygens (including phenoxy) is 1. The standard InChI is InChI=1S/C48H53ClN8O6S2/c1-48(2,3)63-47(58)50-23-11-10-14-37(32-64-39-15-8-5-9-16-39)53-43-22-19-40(30-45(43)57(59)60)65(61,62)54-46-42-21-18-38(29-44(42)51-33-52-46)56-26-24-55(25-27-56)31-35-28-36(49)17-20-41(35)34-12-6-4-7-13-34/h4-9,12-13,15-22,28-30,33,37,53H,10-11,14,23-27,31-32H2,1-3H3,(H,50,58)(H,51,52,54)/t37-/m1/s1. The summed E-state index contributed by atoms with van der Waals surface area (Å²) in [6.07, 6.45) is 2.82. The first-order valence-corrected chi connectivity index (χ1v) is 24.3. The minimum absolute atomic E-state index is 0.0612. The van der Waals surface area contributed by atoms with Crippen molar-refractivity contribution in [2.24, 2.45) is 0 Å². The van der Waals surface area contributed by atoms with Gasteiger partial charge >= 0.3 is 6.09 Å². The molecule has 7 rings (SSSR count). The lowest BCUT2D eigenvalue weighted by Gasteiger charge is -2.36. The molecule has 14 nitrogen and oxygen atoms in total. The Morgan fingerprint density at radius 1 is 0.908 bits per heavy atom. The Kier molecular flexibility index (Phi) is 15.5. The van der Waals surface area contributed by atoms with E-state index in [0.717, 1.165) is 54.9 Å². The quantitative estimate of drug-likeness (QED) is 0.0323. The molecule has 1 fully saturated rings. The van der Waals surface area contributed by atoms with E-state index in [1.807, 2.05) is 72.8 Å². The number of piperazine rings is 1. The van der Waals surface area contributed by atoms with Gasteiger partial charge in [-0.25, -0.2) is 23.2 Å². The summed E-state index contributed by atoms with van der Waals surface area (Å²) in [7, 11) is -4.32. The molecule has 1 amide bonds. The van der Waals surface area contributed by atoms with Crippen LogP contribution in [0.3, 0.4) is 0 Å². The molecule has 1 aromatic heterocycles. The van der Waals surface area contributed by atoms with E-state index >= 15 is 0 Å². The molecule has 65 heavy (non-hydrogen) atoms. The molecule has 1 atom stereocenters. The summed E-state index contributed by atoms with van der Waals surface area (Å²) in [5.74, 6) is 0.645. The number of hydrogen-bond acceptors (Lipinski definition) is 12. The number of alkyl carbamates (subject to hydrolysis) is 1. The predicted molar refractivity (Wildman–Crippen MR) is 260 cm³/mol. The largest absolute Gasteiger partial charge is 0.444 e. The zero-order chi connectivity index (χ0) is 46.0. The average Bonchev–Trinajstić information content (AvgIpc) is 3.28. The highest BCUT2D eigenvalue weighted by Crippen LogP contribution is 2.33. The van der Waals surface area contributed by atoms with Gasteiger partial charge in [0.25, 0.3) is 15.7 Å². The molecule has 5 aromatic carbocycles. The third-order valence-corrected chi connectivity index (χ3v) is 13.6. The van der Waals surface area contributed by atoms with Gasteiger partial charge in [0.1, 0.15) is 17.6 Å². The number of nitro groups is 1. The monoisotopic (exact) mass is 936 g/mol. The van der Waals surface area contributed by atoms with Crippen LogP contribution in [0.4, 0.5) is 27.7 Å². The maximum absolute atomic E-state index is 13.9. The van der Waals surface area contributed by atoms with E-state index in [2.05, 4.69) is 53.3 Å². The molecular weight excluding hydrogens is 884 g/mol. The van der Waals surface area contributed by atoms with Crippen molar-refractivity contribution < 1.29 is 22.9 Å². The Morgan fingerprint density at radius 2 is 1.65 bits per heavy atom. The number of amides is 1. The molecule has 2 heterocycles. The Hall–Kier alpha value is -5.94. The number of halogens is 1. The molecule has 0 spiro atoms. The lowest BCUT2D eigenvalue weighted by Crippen LogP contribution is -2.46. The van der Waals surface area contributed by atoms with Gasteiger partial charge in [0.2, 0.25) is 0 Å². The zero-order valence-electron chi connectivity index (χ0n) is 36.6. The number of nitro benzene ring substituents is 1. The van der Waals surface area contributed by atoms with Gasteiger partial charge in [-0.3, -0.25) is 19.7 Å². The van der Waals surface area contributed by atoms with Gasteiger partial charge in [-0.2, -0.15) is 0 Å². The van der Waals surface area contributed by atoms with Crippen LogP contribution >= 0.6 is 23.4 Å². The fourth-order valence-electron chi connectivity index (χ4n) is 7.61. The summed E-state index contributed by atoms with van der Waals surface area (Å²) in [6, 6.07) is 35.4. The number of carbonyl (C=O) groups is 1. The van der Waals surface area contributed by atoms with E-state index < -0.39 is 26.6 Å². The normalized spacial score (nSPS) is 13.9. The average molecular weight is 938 g/mol. The number of benzene rings is 5. The van der Waals surface area contributed by atoms with Crippen LogP contribution in [-0.4, -0.2) is 84.4 Å². The first-order valence-electron chi connectivity index (χ1n) is 21.5. The summed E-state index contributed by atoms with van der Waals surface area (Å²) in [5, 5.41) is 19.7. The molecule has 0 unspecified atom stereocenters. The molecule has 0 saturated carbocycles. The molecule has 1 aliphatic heterocycles. The summed E-state index contributed by atoms with van der Waals surface area (Å²) in [5.41, 5.74) is 4.21. The minimum Gasteiger partial charge on any atom is -0.444 e. The van der Waals surface area contributed by atoms with Gasteiger partial charge in [0.05, 0.1) is 15.3 Å². The first-order chi connectivity index (χ1) is 31.2. The van der Waals surface area contributed by atoms with Crippen molar-refractivity contribution in [2.75, 3.05) is 53.4 Å². The number of anilines is 3. The summed E-state index contributed by atoms with van der Waals surface area (Å²) in [4.78, 5) is 38.2. The van der Waals surface area contributed by atoms with Crippen molar-refractivity contribution in [3.63, 3.8) is 0 Å². The zero-order valence-corrected chi connectivity index (χ0v) is 39.0. The number of aromatic nitrogens is 2. The highest BCUT2D eigenvalue weighted by Gasteiger charge is 2.26. The summed E-state index contributed by atoms with van der Waals surface area (Å²) < 4.78 is 35.6. The van der Waals surface area contributed by atoms with Crippen LogP contribution in [0.1, 0.15) is 45.6 Å². The van der Waals surface area contributed by atoms with Crippen LogP contribution in [0.25, 0.3) is 22.0 Å². The fourth-order valence-corrected chi connectivity index (χ4v) is 9.85. The number of thioether (sulfide) groups is 1. The highest BCUT2D eigenvalue weighted by atomic mass is 35.5. The molecule has 340 valence electrons. The molecule has 1 aliphatic rings. The Morgan fingerprint density at radius 3 is 2.37 bits per heavy atom. The maximum Gasteiger partial charge on any atom is 0.407 e. The van der Waals surface area contributed by atoms with Gasteiger partial charge in [-0.05, 0) is 111 Å². The number of nitrogens with one attached hydrogen (secondary N) is 3. The Labute approximate surface area is 389 Å². The maximum atomic E-state index is 13.9. The van der Waals surface area contributed by atoms with Crippen molar-refractivity contribution in [1.29, 1.82) is 0 Å². The van der Waals surface area contributed by atoms with Crippen molar-refractivity contribution in [3.8, 4) is 11.1 Å². The Balaban J connectivity index is 1.00. The molecule has 0 radical (unpaired) electrons. The van der Waals surface area contributed by atoms with E-state index in [4.69, 9.17) is 16.3 Å². The number of sulfonamides is 1. The van der Waals surface area contributed by atoms with E-state index in [-0.39, 0.29) is 28.1 Å². The van der Waals surface area contributed by atoms with Crippen LogP contribution in [-0.2, 0) is 21.3 Å². The molecule has 3 N–H and O–H groups in total. The molecule has 17 heteroatoms. The molecule has 0 aliphatic carbocycles. The minimum atomic E-state index is -4.32. The predicted octanol–water partition coefficient (Wildman–Crippen LogP) is 10.2. The van der Waals surface area contributed by atoms with Crippen molar-refractivity contribution in [1.82, 2.24) is 20.2 Å². The third-order valence-electron chi connectivity index (χ3n) is 10.8. The smallest absolute Gasteiger partial charge is 0.407 e. The van der Waals surface area contributed by atoms with Crippen molar-refractivity contribution >= 4 is 73.3 Å². The summed E-state index contributed by atoms with van der Waals surface area (Å²) >= 11 is 8.04. The second kappa shape index (κ2) is 21.4. The van der Waals surface area contributed by atoms with E-state index in [1.54, 1.807) is 38.6 Å². The van der Waals surface area contributed by atoms with E-state index in [1.165, 1.54) is 29.6 Å². The van der Waals surface area contributed by atoms with Crippen LogP contribution in [0.15, 0.2) is 131 Å². The molecule has 0 bridgehead atoms. The van der Waals surface area contributed by atoms with Gasteiger partial charge in [0.15, 0.2) is 5.82 Å². The molecular formula is C48H53ClN8O6S2. The number of carbonyl (C=O) groups excluding carboxylic acids is 1.